The van der Waals surface area contributed by atoms with Crippen LogP contribution in [-0.2, 0) is 0 Å². The lowest BCUT2D eigenvalue weighted by atomic mass is 10.2. The number of amides is 1. The van der Waals surface area contributed by atoms with E-state index in [1.165, 1.54) is 12.1 Å². The molecule has 90 valence electrons. The molecule has 1 saturated carbocycles. The third-order valence-corrected chi connectivity index (χ3v) is 3.88. The van der Waals surface area contributed by atoms with Gasteiger partial charge in [-0.25, -0.2) is 4.39 Å². The third kappa shape index (κ3) is 1.91. The van der Waals surface area contributed by atoms with Crippen molar-refractivity contribution in [1.29, 1.82) is 0 Å². The first-order valence-corrected chi connectivity index (χ1v) is 6.01. The molecule has 1 aliphatic heterocycles. The maximum atomic E-state index is 12.8. The van der Waals surface area contributed by atoms with Crippen LogP contribution in [0.15, 0.2) is 18.2 Å². The molecule has 1 aromatic rings. The number of hydrogen-bond acceptors (Lipinski definition) is 2. The van der Waals surface area contributed by atoms with Gasteiger partial charge in [-0.2, -0.15) is 0 Å². The van der Waals surface area contributed by atoms with Crippen molar-refractivity contribution >= 4 is 17.5 Å². The zero-order valence-electron chi connectivity index (χ0n) is 9.04. The molecule has 1 saturated heterocycles. The summed E-state index contributed by atoms with van der Waals surface area (Å²) in [5.74, 6) is 0.463. The highest BCUT2D eigenvalue weighted by molar-refractivity contribution is 6.33. The maximum Gasteiger partial charge on any atom is 0.253 e. The second-order valence-corrected chi connectivity index (χ2v) is 5.02. The molecule has 1 aromatic carbocycles. The standard InChI is InChI=1S/C12H12ClFN2O/c13-10-3-6(14)1-2-7(10)12(17)16-11-8-4-15-5-9(8)11/h1-3,8-9,11,15H,4-5H2,(H,16,17). The van der Waals surface area contributed by atoms with E-state index in [-0.39, 0.29) is 17.0 Å². The van der Waals surface area contributed by atoms with Gasteiger partial charge in [0, 0.05) is 19.1 Å². The summed E-state index contributed by atoms with van der Waals surface area (Å²) in [7, 11) is 0. The summed E-state index contributed by atoms with van der Waals surface area (Å²) in [6, 6.07) is 4.08. The van der Waals surface area contributed by atoms with Gasteiger partial charge >= 0.3 is 0 Å². The van der Waals surface area contributed by atoms with E-state index in [9.17, 15) is 9.18 Å². The number of hydrogen-bond donors (Lipinski definition) is 2. The highest BCUT2D eigenvalue weighted by atomic mass is 35.5. The number of carbonyl (C=O) groups excluding carboxylic acids is 1. The van der Waals surface area contributed by atoms with Gasteiger partial charge in [0.1, 0.15) is 5.82 Å². The molecule has 2 N–H and O–H groups in total. The fourth-order valence-electron chi connectivity index (χ4n) is 2.54. The third-order valence-electron chi connectivity index (χ3n) is 3.57. The molecule has 0 bridgehead atoms. The molecule has 3 rings (SSSR count). The topological polar surface area (TPSA) is 41.1 Å². The van der Waals surface area contributed by atoms with Crippen LogP contribution in [0.3, 0.4) is 0 Å². The number of rotatable bonds is 2. The van der Waals surface area contributed by atoms with Crippen LogP contribution in [0.4, 0.5) is 4.39 Å². The van der Waals surface area contributed by atoms with Gasteiger partial charge in [-0.15, -0.1) is 0 Å². The van der Waals surface area contributed by atoms with Gasteiger partial charge in [-0.05, 0) is 30.0 Å². The quantitative estimate of drug-likeness (QED) is 0.838. The van der Waals surface area contributed by atoms with E-state index < -0.39 is 5.82 Å². The van der Waals surface area contributed by atoms with Crippen LogP contribution in [-0.4, -0.2) is 25.0 Å². The first-order valence-electron chi connectivity index (χ1n) is 5.63. The second kappa shape index (κ2) is 3.96. The van der Waals surface area contributed by atoms with Crippen LogP contribution in [0.2, 0.25) is 5.02 Å². The number of nitrogens with one attached hydrogen (secondary N) is 2. The number of fused-ring (bicyclic) bond motifs is 1. The fraction of sp³-hybridized carbons (Fsp3) is 0.417. The Morgan fingerprint density at radius 2 is 2.12 bits per heavy atom. The summed E-state index contributed by atoms with van der Waals surface area (Å²) in [6.45, 7) is 1.93. The van der Waals surface area contributed by atoms with Crippen molar-refractivity contribution in [3.8, 4) is 0 Å². The minimum Gasteiger partial charge on any atom is -0.349 e. The van der Waals surface area contributed by atoms with Crippen LogP contribution in [0.1, 0.15) is 10.4 Å². The predicted octanol–water partition coefficient (Wildman–Crippen LogP) is 1.43. The minimum atomic E-state index is -0.431. The largest absolute Gasteiger partial charge is 0.349 e. The molecule has 2 atom stereocenters. The van der Waals surface area contributed by atoms with Crippen molar-refractivity contribution in [2.75, 3.05) is 13.1 Å². The molecule has 1 heterocycles. The Bertz CT molecular complexity index is 470. The van der Waals surface area contributed by atoms with Gasteiger partial charge in [0.15, 0.2) is 0 Å². The Balaban J connectivity index is 1.70. The van der Waals surface area contributed by atoms with Gasteiger partial charge in [0.25, 0.3) is 5.91 Å². The first-order chi connectivity index (χ1) is 8.16. The lowest BCUT2D eigenvalue weighted by Crippen LogP contribution is -2.32. The molecule has 2 unspecified atom stereocenters. The van der Waals surface area contributed by atoms with Crippen LogP contribution in [0.5, 0.6) is 0 Å². The molecule has 1 amide bonds. The molecule has 0 spiro atoms. The van der Waals surface area contributed by atoms with Crippen molar-refractivity contribution in [3.05, 3.63) is 34.6 Å². The summed E-state index contributed by atoms with van der Waals surface area (Å²) in [4.78, 5) is 11.9. The highest BCUT2D eigenvalue weighted by Gasteiger charge is 2.53. The van der Waals surface area contributed by atoms with Gasteiger partial charge in [-0.3, -0.25) is 4.79 Å². The maximum absolute atomic E-state index is 12.8. The van der Waals surface area contributed by atoms with E-state index in [4.69, 9.17) is 11.6 Å². The Morgan fingerprint density at radius 1 is 1.41 bits per heavy atom. The number of benzene rings is 1. The Labute approximate surface area is 103 Å². The summed E-state index contributed by atoms with van der Waals surface area (Å²) in [6.07, 6.45) is 0. The Morgan fingerprint density at radius 3 is 2.76 bits per heavy atom. The van der Waals surface area contributed by atoms with Gasteiger partial charge < -0.3 is 10.6 Å². The van der Waals surface area contributed by atoms with Crippen molar-refractivity contribution in [2.24, 2.45) is 11.8 Å². The Kier molecular flexibility index (Phi) is 2.56. The number of piperidine rings is 1. The molecule has 0 aromatic heterocycles. The van der Waals surface area contributed by atoms with Crippen molar-refractivity contribution in [1.82, 2.24) is 10.6 Å². The van der Waals surface area contributed by atoms with E-state index in [1.54, 1.807) is 0 Å². The highest BCUT2D eigenvalue weighted by Crippen LogP contribution is 2.41. The molecule has 1 aliphatic carbocycles. The second-order valence-electron chi connectivity index (χ2n) is 4.61. The molecular formula is C12H12ClFN2O. The molecule has 0 radical (unpaired) electrons. The smallest absolute Gasteiger partial charge is 0.253 e. The Hall–Kier alpha value is -1.13. The zero-order chi connectivity index (χ0) is 12.0. The number of halogens is 2. The molecule has 3 nitrogen and oxygen atoms in total. The summed E-state index contributed by atoms with van der Waals surface area (Å²) < 4.78 is 12.8. The summed E-state index contributed by atoms with van der Waals surface area (Å²) in [5.41, 5.74) is 0.339. The monoisotopic (exact) mass is 254 g/mol. The predicted molar refractivity (Wildman–Crippen MR) is 62.5 cm³/mol. The fourth-order valence-corrected chi connectivity index (χ4v) is 2.79. The molecular weight excluding hydrogens is 243 g/mol. The van der Waals surface area contributed by atoms with E-state index in [0.717, 1.165) is 19.2 Å². The zero-order valence-corrected chi connectivity index (χ0v) is 9.80. The van der Waals surface area contributed by atoms with Crippen molar-refractivity contribution < 1.29 is 9.18 Å². The van der Waals surface area contributed by atoms with Crippen LogP contribution >= 0.6 is 11.6 Å². The van der Waals surface area contributed by atoms with Crippen LogP contribution in [0.25, 0.3) is 0 Å². The lowest BCUT2D eigenvalue weighted by Gasteiger charge is -2.08. The van der Waals surface area contributed by atoms with Gasteiger partial charge in [-0.1, -0.05) is 11.6 Å². The molecule has 2 aliphatic rings. The van der Waals surface area contributed by atoms with E-state index in [1.807, 2.05) is 0 Å². The van der Waals surface area contributed by atoms with Gasteiger partial charge in [0.05, 0.1) is 10.6 Å². The SMILES string of the molecule is O=C(NC1C2CNCC21)c1ccc(F)cc1Cl. The molecule has 5 heteroatoms. The average molecular weight is 255 g/mol. The van der Waals surface area contributed by atoms with Crippen LogP contribution in [0, 0.1) is 17.7 Å². The van der Waals surface area contributed by atoms with Crippen molar-refractivity contribution in [3.63, 3.8) is 0 Å². The van der Waals surface area contributed by atoms with Crippen molar-refractivity contribution in [2.45, 2.75) is 6.04 Å². The molecule has 2 fully saturated rings. The van der Waals surface area contributed by atoms with Crippen LogP contribution < -0.4 is 10.6 Å². The number of carbonyl (C=O) groups is 1. The average Bonchev–Trinajstić information content (AvgIpc) is 2.74. The summed E-state index contributed by atoms with van der Waals surface area (Å²) >= 11 is 5.84. The van der Waals surface area contributed by atoms with E-state index in [2.05, 4.69) is 10.6 Å². The lowest BCUT2D eigenvalue weighted by molar-refractivity contribution is 0.0946. The van der Waals surface area contributed by atoms with E-state index in [0.29, 0.717) is 17.4 Å². The minimum absolute atomic E-state index is 0.159. The van der Waals surface area contributed by atoms with Gasteiger partial charge in [0.2, 0.25) is 0 Å². The molecule has 17 heavy (non-hydrogen) atoms. The first kappa shape index (κ1) is 11.0. The van der Waals surface area contributed by atoms with E-state index >= 15 is 0 Å². The normalized spacial score (nSPS) is 29.9. The summed E-state index contributed by atoms with van der Waals surface area (Å²) in [5, 5.41) is 6.36.